The molecule has 1 aromatic carbocycles. The third-order valence-corrected chi connectivity index (χ3v) is 4.31. The lowest BCUT2D eigenvalue weighted by atomic mass is 10.2. The lowest BCUT2D eigenvalue weighted by Crippen LogP contribution is -2.30. The minimum atomic E-state index is 0.507. The molecule has 0 saturated carbocycles. The zero-order valence-corrected chi connectivity index (χ0v) is 14.1. The molecule has 0 radical (unpaired) electrons. The first-order chi connectivity index (χ1) is 9.53. The van der Waals surface area contributed by atoms with E-state index in [0.717, 1.165) is 44.8 Å². The number of nitrogens with two attached hydrogens (primary N) is 1. The lowest BCUT2D eigenvalue weighted by molar-refractivity contribution is 0.301. The Kier molecular flexibility index (Phi) is 7.49. The fraction of sp³-hybridized carbons (Fsp3) is 0.600. The van der Waals surface area contributed by atoms with Crippen LogP contribution in [0.15, 0.2) is 12.1 Å². The van der Waals surface area contributed by atoms with Gasteiger partial charge in [-0.1, -0.05) is 37.0 Å². The van der Waals surface area contributed by atoms with Gasteiger partial charge in [-0.2, -0.15) is 0 Å². The highest BCUT2D eigenvalue weighted by Gasteiger charge is 2.11. The van der Waals surface area contributed by atoms with Gasteiger partial charge in [0.15, 0.2) is 0 Å². The second-order valence-electron chi connectivity index (χ2n) is 4.79. The van der Waals surface area contributed by atoms with Crippen molar-refractivity contribution in [1.29, 1.82) is 0 Å². The van der Waals surface area contributed by atoms with E-state index in [1.165, 1.54) is 0 Å². The molecule has 0 atom stereocenters. The van der Waals surface area contributed by atoms with Crippen LogP contribution in [0.2, 0.25) is 10.0 Å². The third-order valence-electron chi connectivity index (χ3n) is 3.59. The zero-order valence-electron chi connectivity index (χ0n) is 12.6. The first-order valence-corrected chi connectivity index (χ1v) is 8.00. The van der Waals surface area contributed by atoms with Crippen molar-refractivity contribution in [3.63, 3.8) is 0 Å². The number of rotatable bonds is 8. The van der Waals surface area contributed by atoms with Crippen molar-refractivity contribution < 1.29 is 0 Å². The highest BCUT2D eigenvalue weighted by molar-refractivity contribution is 6.42. The van der Waals surface area contributed by atoms with Gasteiger partial charge in [0, 0.05) is 13.1 Å². The summed E-state index contributed by atoms with van der Waals surface area (Å²) >= 11 is 12.1. The summed E-state index contributed by atoms with van der Waals surface area (Å²) in [6.07, 6.45) is 1.11. The van der Waals surface area contributed by atoms with Crippen molar-refractivity contribution in [2.45, 2.75) is 27.2 Å². The molecule has 0 fully saturated rings. The molecule has 114 valence electrons. The largest absolute Gasteiger partial charge is 0.397 e. The van der Waals surface area contributed by atoms with Crippen molar-refractivity contribution in [2.24, 2.45) is 0 Å². The summed E-state index contributed by atoms with van der Waals surface area (Å²) in [4.78, 5) is 4.67. The average molecular weight is 318 g/mol. The number of nitrogen functional groups attached to an aromatic ring is 1. The molecule has 0 aromatic heterocycles. The van der Waals surface area contributed by atoms with Crippen LogP contribution in [0.1, 0.15) is 27.2 Å². The molecule has 2 N–H and O–H groups in total. The van der Waals surface area contributed by atoms with E-state index >= 15 is 0 Å². The molecular formula is C15H25Cl2N3. The van der Waals surface area contributed by atoms with Crippen LogP contribution in [0.5, 0.6) is 0 Å². The molecule has 0 aliphatic carbocycles. The van der Waals surface area contributed by atoms with Crippen molar-refractivity contribution in [1.82, 2.24) is 4.90 Å². The minimum absolute atomic E-state index is 0.507. The Morgan fingerprint density at radius 1 is 0.950 bits per heavy atom. The lowest BCUT2D eigenvalue weighted by Gasteiger charge is -2.26. The van der Waals surface area contributed by atoms with Crippen LogP contribution in [0.25, 0.3) is 0 Å². The molecule has 0 unspecified atom stereocenters. The highest BCUT2D eigenvalue weighted by atomic mass is 35.5. The van der Waals surface area contributed by atoms with Crippen LogP contribution in [0.3, 0.4) is 0 Å². The van der Waals surface area contributed by atoms with Gasteiger partial charge in [-0.25, -0.2) is 0 Å². The van der Waals surface area contributed by atoms with Gasteiger partial charge in [0.05, 0.1) is 21.4 Å². The van der Waals surface area contributed by atoms with E-state index in [9.17, 15) is 0 Å². The maximum absolute atomic E-state index is 6.09. The van der Waals surface area contributed by atoms with E-state index in [0.29, 0.717) is 15.7 Å². The van der Waals surface area contributed by atoms with E-state index < -0.39 is 0 Å². The van der Waals surface area contributed by atoms with E-state index in [2.05, 4.69) is 30.6 Å². The van der Waals surface area contributed by atoms with Crippen LogP contribution in [-0.2, 0) is 0 Å². The van der Waals surface area contributed by atoms with E-state index in [1.54, 1.807) is 6.07 Å². The average Bonchev–Trinajstić information content (AvgIpc) is 2.44. The summed E-state index contributed by atoms with van der Waals surface area (Å²) in [5.41, 5.74) is 7.71. The molecule has 3 nitrogen and oxygen atoms in total. The normalized spacial score (nSPS) is 11.1. The van der Waals surface area contributed by atoms with E-state index in [1.807, 2.05) is 6.07 Å². The number of benzene rings is 1. The smallest absolute Gasteiger partial charge is 0.0615 e. The molecule has 0 spiro atoms. The van der Waals surface area contributed by atoms with Crippen LogP contribution in [-0.4, -0.2) is 37.6 Å². The number of nitrogens with zero attached hydrogens (tertiary/aromatic N) is 2. The fourth-order valence-electron chi connectivity index (χ4n) is 2.30. The third kappa shape index (κ3) is 4.72. The standard InChI is InChI=1S/C15H25Cl2N3/c1-4-19(5-2)8-7-9-20(6-3)15-11-13(17)12(16)10-14(15)18/h10-11H,4-9,18H2,1-3H3. The summed E-state index contributed by atoms with van der Waals surface area (Å²) in [6, 6.07) is 3.59. The maximum Gasteiger partial charge on any atom is 0.0615 e. The summed E-state index contributed by atoms with van der Waals surface area (Å²) in [5.74, 6) is 0. The van der Waals surface area contributed by atoms with Gasteiger partial charge in [-0.05, 0) is 45.1 Å². The molecule has 5 heteroatoms. The van der Waals surface area contributed by atoms with E-state index in [-0.39, 0.29) is 0 Å². The predicted molar refractivity (Wildman–Crippen MR) is 91.2 cm³/mol. The first-order valence-electron chi connectivity index (χ1n) is 7.25. The van der Waals surface area contributed by atoms with Gasteiger partial charge in [0.2, 0.25) is 0 Å². The fourth-order valence-corrected chi connectivity index (χ4v) is 2.63. The van der Waals surface area contributed by atoms with Crippen molar-refractivity contribution in [3.8, 4) is 0 Å². The molecule has 0 aliphatic rings. The van der Waals surface area contributed by atoms with Crippen LogP contribution >= 0.6 is 23.2 Å². The van der Waals surface area contributed by atoms with Gasteiger partial charge >= 0.3 is 0 Å². The van der Waals surface area contributed by atoms with Gasteiger partial charge in [-0.15, -0.1) is 0 Å². The van der Waals surface area contributed by atoms with Crippen LogP contribution < -0.4 is 10.6 Å². The van der Waals surface area contributed by atoms with Crippen LogP contribution in [0, 0.1) is 0 Å². The first kappa shape index (κ1) is 17.4. The predicted octanol–water partition coefficient (Wildman–Crippen LogP) is 4.13. The number of anilines is 2. The summed E-state index contributed by atoms with van der Waals surface area (Å²) < 4.78 is 0. The Bertz CT molecular complexity index is 420. The summed E-state index contributed by atoms with van der Waals surface area (Å²) in [7, 11) is 0. The van der Waals surface area contributed by atoms with Gasteiger partial charge < -0.3 is 15.5 Å². The van der Waals surface area contributed by atoms with Gasteiger partial charge in [0.25, 0.3) is 0 Å². The van der Waals surface area contributed by atoms with Crippen molar-refractivity contribution in [2.75, 3.05) is 43.4 Å². The molecular weight excluding hydrogens is 293 g/mol. The van der Waals surface area contributed by atoms with Gasteiger partial charge in [-0.3, -0.25) is 0 Å². The summed E-state index contributed by atoms with van der Waals surface area (Å²) in [6.45, 7) is 11.7. The Hall–Kier alpha value is -0.640. The molecule has 1 rings (SSSR count). The Morgan fingerprint density at radius 3 is 2.10 bits per heavy atom. The maximum atomic E-state index is 6.09. The molecule has 0 bridgehead atoms. The second-order valence-corrected chi connectivity index (χ2v) is 5.60. The minimum Gasteiger partial charge on any atom is -0.397 e. The SMILES string of the molecule is CCN(CC)CCCN(CC)c1cc(Cl)c(Cl)cc1N. The number of hydrogen-bond acceptors (Lipinski definition) is 3. The highest BCUT2D eigenvalue weighted by Crippen LogP contribution is 2.33. The molecule has 0 amide bonds. The Morgan fingerprint density at radius 2 is 1.55 bits per heavy atom. The molecule has 20 heavy (non-hydrogen) atoms. The van der Waals surface area contributed by atoms with E-state index in [4.69, 9.17) is 28.9 Å². The molecule has 0 heterocycles. The number of hydrogen-bond donors (Lipinski definition) is 1. The Balaban J connectivity index is 2.69. The quantitative estimate of drug-likeness (QED) is 0.731. The van der Waals surface area contributed by atoms with Crippen LogP contribution in [0.4, 0.5) is 11.4 Å². The topological polar surface area (TPSA) is 32.5 Å². The zero-order chi connectivity index (χ0) is 15.1. The summed E-state index contributed by atoms with van der Waals surface area (Å²) in [5, 5.41) is 1.06. The number of halogens is 2. The van der Waals surface area contributed by atoms with Crippen molar-refractivity contribution >= 4 is 34.6 Å². The van der Waals surface area contributed by atoms with Crippen molar-refractivity contribution in [3.05, 3.63) is 22.2 Å². The molecule has 0 saturated heterocycles. The Labute approximate surface area is 132 Å². The second kappa shape index (κ2) is 8.60. The monoisotopic (exact) mass is 317 g/mol. The molecule has 0 aliphatic heterocycles. The molecule has 1 aromatic rings. The van der Waals surface area contributed by atoms with Gasteiger partial charge in [0.1, 0.15) is 0 Å².